The second-order valence-electron chi connectivity index (χ2n) is 7.78. The van der Waals surface area contributed by atoms with Crippen molar-refractivity contribution >= 4 is 5.91 Å². The van der Waals surface area contributed by atoms with Crippen LogP contribution < -0.4 is 0 Å². The number of amides is 1. The van der Waals surface area contributed by atoms with Gasteiger partial charge in [0.1, 0.15) is 11.6 Å². The molecule has 0 spiro atoms. The molecule has 0 aliphatic heterocycles. The number of hydrogen-bond acceptors (Lipinski definition) is 3. The highest BCUT2D eigenvalue weighted by Crippen LogP contribution is 2.29. The third kappa shape index (κ3) is 5.52. The van der Waals surface area contributed by atoms with Gasteiger partial charge in [-0.1, -0.05) is 29.8 Å². The predicted molar refractivity (Wildman–Crippen MR) is 116 cm³/mol. The van der Waals surface area contributed by atoms with E-state index in [-0.39, 0.29) is 25.5 Å². The number of carbonyl (C=O) groups excluding carboxylic acids is 1. The van der Waals surface area contributed by atoms with Gasteiger partial charge in [0.05, 0.1) is 24.9 Å². The van der Waals surface area contributed by atoms with Gasteiger partial charge in [-0.2, -0.15) is 13.2 Å². The standard InChI is InChI=1S/C25H22F3N3O2/c1-18-7-9-20(10-8-18)24(32)31(16-22-6-3-13-33-22)17-23-29-11-12-30(23)15-19-4-2-5-21(14-19)25(26,27)28/h2-14H,15-17H2,1H3. The molecule has 0 atom stereocenters. The lowest BCUT2D eigenvalue weighted by atomic mass is 10.1. The Morgan fingerprint density at radius 3 is 2.55 bits per heavy atom. The van der Waals surface area contributed by atoms with Crippen molar-refractivity contribution in [3.8, 4) is 0 Å². The molecular weight excluding hydrogens is 431 g/mol. The zero-order chi connectivity index (χ0) is 23.4. The minimum Gasteiger partial charge on any atom is -0.467 e. The molecule has 33 heavy (non-hydrogen) atoms. The lowest BCUT2D eigenvalue weighted by Crippen LogP contribution is -2.31. The minimum atomic E-state index is -4.41. The lowest BCUT2D eigenvalue weighted by Gasteiger charge is -2.22. The van der Waals surface area contributed by atoms with Crippen LogP contribution in [0.15, 0.2) is 83.7 Å². The number of imidazole rings is 1. The number of aromatic nitrogens is 2. The number of halogens is 3. The summed E-state index contributed by atoms with van der Waals surface area (Å²) in [6.45, 7) is 2.54. The highest BCUT2D eigenvalue weighted by molar-refractivity contribution is 5.94. The molecule has 4 rings (SSSR count). The summed E-state index contributed by atoms with van der Waals surface area (Å²) in [5, 5.41) is 0. The summed E-state index contributed by atoms with van der Waals surface area (Å²) in [6.07, 6.45) is 0.397. The molecule has 2 heterocycles. The normalized spacial score (nSPS) is 11.5. The SMILES string of the molecule is Cc1ccc(C(=O)N(Cc2ccco2)Cc2nccn2Cc2cccc(C(F)(F)F)c2)cc1. The fourth-order valence-corrected chi connectivity index (χ4v) is 3.52. The van der Waals surface area contributed by atoms with Gasteiger partial charge in [0.15, 0.2) is 0 Å². The molecule has 0 bridgehead atoms. The smallest absolute Gasteiger partial charge is 0.416 e. The van der Waals surface area contributed by atoms with Gasteiger partial charge in [-0.05, 0) is 48.9 Å². The third-order valence-electron chi connectivity index (χ3n) is 5.25. The van der Waals surface area contributed by atoms with Crippen LogP contribution in [0.25, 0.3) is 0 Å². The van der Waals surface area contributed by atoms with Gasteiger partial charge in [-0.3, -0.25) is 4.79 Å². The average molecular weight is 453 g/mol. The van der Waals surface area contributed by atoms with Crippen molar-refractivity contribution in [3.05, 3.63) is 113 Å². The molecule has 4 aromatic rings. The van der Waals surface area contributed by atoms with Crippen LogP contribution in [-0.4, -0.2) is 20.4 Å². The van der Waals surface area contributed by atoms with Crippen LogP contribution in [-0.2, 0) is 25.8 Å². The van der Waals surface area contributed by atoms with E-state index in [0.717, 1.165) is 17.7 Å². The van der Waals surface area contributed by atoms with E-state index in [0.29, 0.717) is 22.7 Å². The van der Waals surface area contributed by atoms with Gasteiger partial charge in [-0.25, -0.2) is 4.98 Å². The Morgan fingerprint density at radius 2 is 1.85 bits per heavy atom. The summed E-state index contributed by atoms with van der Waals surface area (Å²) in [5.41, 5.74) is 1.37. The van der Waals surface area contributed by atoms with E-state index in [1.54, 1.807) is 58.5 Å². The van der Waals surface area contributed by atoms with Gasteiger partial charge in [0.2, 0.25) is 0 Å². The lowest BCUT2D eigenvalue weighted by molar-refractivity contribution is -0.137. The Morgan fingerprint density at radius 1 is 1.06 bits per heavy atom. The zero-order valence-electron chi connectivity index (χ0n) is 17.9. The Balaban J connectivity index is 1.58. The van der Waals surface area contributed by atoms with Gasteiger partial charge >= 0.3 is 6.18 Å². The van der Waals surface area contributed by atoms with Gasteiger partial charge in [0.25, 0.3) is 5.91 Å². The summed E-state index contributed by atoms with van der Waals surface area (Å²) in [5.74, 6) is 0.978. The summed E-state index contributed by atoms with van der Waals surface area (Å²) >= 11 is 0. The Hall–Kier alpha value is -3.81. The number of furan rings is 1. The molecule has 0 aliphatic carbocycles. The number of carbonyl (C=O) groups is 1. The van der Waals surface area contributed by atoms with Crippen LogP contribution in [0.1, 0.15) is 38.6 Å². The Bertz CT molecular complexity index is 1210. The van der Waals surface area contributed by atoms with E-state index in [2.05, 4.69) is 4.98 Å². The van der Waals surface area contributed by atoms with Crippen LogP contribution in [0.2, 0.25) is 0 Å². The summed E-state index contributed by atoms with van der Waals surface area (Å²) in [7, 11) is 0. The second-order valence-corrected chi connectivity index (χ2v) is 7.78. The summed E-state index contributed by atoms with van der Waals surface area (Å²) in [4.78, 5) is 19.2. The van der Waals surface area contributed by atoms with E-state index in [1.165, 1.54) is 6.07 Å². The van der Waals surface area contributed by atoms with Crippen molar-refractivity contribution in [3.63, 3.8) is 0 Å². The van der Waals surface area contributed by atoms with E-state index in [1.807, 2.05) is 19.1 Å². The quantitative estimate of drug-likeness (QED) is 0.361. The van der Waals surface area contributed by atoms with E-state index < -0.39 is 11.7 Å². The molecule has 0 radical (unpaired) electrons. The maximum atomic E-state index is 13.3. The first kappa shape index (κ1) is 22.4. The van der Waals surface area contributed by atoms with E-state index >= 15 is 0 Å². The first-order chi connectivity index (χ1) is 15.8. The number of rotatable bonds is 7. The molecule has 170 valence electrons. The fraction of sp³-hybridized carbons (Fsp3) is 0.200. The minimum absolute atomic E-state index is 0.166. The van der Waals surface area contributed by atoms with Crippen LogP contribution >= 0.6 is 0 Å². The molecule has 0 aliphatic rings. The van der Waals surface area contributed by atoms with Gasteiger partial charge in [-0.15, -0.1) is 0 Å². The molecule has 0 N–H and O–H groups in total. The molecule has 2 aromatic carbocycles. The molecule has 0 unspecified atom stereocenters. The number of alkyl halides is 3. The average Bonchev–Trinajstić information content (AvgIpc) is 3.45. The number of benzene rings is 2. The van der Waals surface area contributed by atoms with Crippen LogP contribution in [0, 0.1) is 6.92 Å². The first-order valence-corrected chi connectivity index (χ1v) is 10.3. The van der Waals surface area contributed by atoms with Crippen LogP contribution in [0.4, 0.5) is 13.2 Å². The van der Waals surface area contributed by atoms with Crippen molar-refractivity contribution in [1.82, 2.24) is 14.5 Å². The van der Waals surface area contributed by atoms with Crippen LogP contribution in [0.3, 0.4) is 0 Å². The molecule has 5 nitrogen and oxygen atoms in total. The molecule has 8 heteroatoms. The number of hydrogen-bond donors (Lipinski definition) is 0. The first-order valence-electron chi connectivity index (χ1n) is 10.3. The molecule has 0 fully saturated rings. The largest absolute Gasteiger partial charge is 0.467 e. The highest BCUT2D eigenvalue weighted by Gasteiger charge is 2.30. The van der Waals surface area contributed by atoms with Crippen molar-refractivity contribution in [2.75, 3.05) is 0 Å². The predicted octanol–water partition coefficient (Wildman–Crippen LogP) is 5.69. The van der Waals surface area contributed by atoms with Gasteiger partial charge < -0.3 is 13.9 Å². The second kappa shape index (κ2) is 9.36. The molecule has 2 aromatic heterocycles. The molecule has 1 amide bonds. The Labute approximate surface area is 189 Å². The molecular formula is C25H22F3N3O2. The van der Waals surface area contributed by atoms with Crippen LogP contribution in [0.5, 0.6) is 0 Å². The summed E-state index contributed by atoms with van der Waals surface area (Å²) < 4.78 is 46.4. The highest BCUT2D eigenvalue weighted by atomic mass is 19.4. The number of nitrogens with zero attached hydrogens (tertiary/aromatic N) is 3. The van der Waals surface area contributed by atoms with E-state index in [4.69, 9.17) is 4.42 Å². The molecule has 0 saturated heterocycles. The van der Waals surface area contributed by atoms with Crippen molar-refractivity contribution < 1.29 is 22.4 Å². The topological polar surface area (TPSA) is 51.3 Å². The van der Waals surface area contributed by atoms with E-state index in [9.17, 15) is 18.0 Å². The maximum absolute atomic E-state index is 13.3. The van der Waals surface area contributed by atoms with Crippen molar-refractivity contribution in [2.45, 2.75) is 32.7 Å². The van der Waals surface area contributed by atoms with Gasteiger partial charge in [0, 0.05) is 24.5 Å². The Kier molecular flexibility index (Phi) is 6.35. The summed E-state index contributed by atoms with van der Waals surface area (Å²) in [6, 6.07) is 16.0. The maximum Gasteiger partial charge on any atom is 0.416 e. The third-order valence-corrected chi connectivity index (χ3v) is 5.25. The molecule has 0 saturated carbocycles. The fourth-order valence-electron chi connectivity index (χ4n) is 3.52. The van der Waals surface area contributed by atoms with Crippen molar-refractivity contribution in [1.29, 1.82) is 0 Å². The monoisotopic (exact) mass is 453 g/mol. The zero-order valence-corrected chi connectivity index (χ0v) is 17.9. The van der Waals surface area contributed by atoms with Crippen molar-refractivity contribution in [2.24, 2.45) is 0 Å². The number of aryl methyl sites for hydroxylation is 1.